The third kappa shape index (κ3) is 2.82. The zero-order valence-electron chi connectivity index (χ0n) is 11.3. The molecule has 0 spiro atoms. The second-order valence-electron chi connectivity index (χ2n) is 3.94. The molecule has 0 radical (unpaired) electrons. The first kappa shape index (κ1) is 13.3. The number of benzene rings is 1. The molecule has 1 unspecified atom stereocenters. The van der Waals surface area contributed by atoms with E-state index in [0.29, 0.717) is 11.5 Å². The first-order valence-electron chi connectivity index (χ1n) is 5.96. The lowest BCUT2D eigenvalue weighted by atomic mass is 10.1. The molecule has 0 saturated carbocycles. The average Bonchev–Trinajstić information content (AvgIpc) is 2.49. The van der Waals surface area contributed by atoms with Crippen LogP contribution in [0.3, 0.4) is 0 Å². The van der Waals surface area contributed by atoms with Crippen molar-refractivity contribution >= 4 is 0 Å². The third-order valence-electron chi connectivity index (χ3n) is 2.87. The van der Waals surface area contributed by atoms with Crippen LogP contribution in [0.2, 0.25) is 0 Å². The first-order chi connectivity index (χ1) is 9.30. The van der Waals surface area contributed by atoms with Crippen LogP contribution in [0, 0.1) is 0 Å². The summed E-state index contributed by atoms with van der Waals surface area (Å²) in [6.45, 7) is 0. The molecular weight excluding hydrogens is 242 g/mol. The van der Waals surface area contributed by atoms with Crippen molar-refractivity contribution in [3.63, 3.8) is 0 Å². The number of nitrogens with zero attached hydrogens (tertiary/aromatic N) is 2. The first-order valence-corrected chi connectivity index (χ1v) is 5.96. The summed E-state index contributed by atoms with van der Waals surface area (Å²) in [6, 6.07) is 7.49. The standard InChI is InChI=1S/C14H17N3O2/c1-15-13(14-16-7-4-8-17-14)10-5-6-11(18-2)12(9-10)19-3/h4-9,13,15H,1-3H3. The van der Waals surface area contributed by atoms with Crippen LogP contribution in [0.15, 0.2) is 36.7 Å². The minimum Gasteiger partial charge on any atom is -0.493 e. The summed E-state index contributed by atoms with van der Waals surface area (Å²) in [5.74, 6) is 2.11. The zero-order chi connectivity index (χ0) is 13.7. The Bertz CT molecular complexity index is 531. The van der Waals surface area contributed by atoms with Crippen molar-refractivity contribution in [2.75, 3.05) is 21.3 Å². The molecule has 0 amide bonds. The van der Waals surface area contributed by atoms with Crippen LogP contribution >= 0.6 is 0 Å². The van der Waals surface area contributed by atoms with Crippen LogP contribution in [0.5, 0.6) is 11.5 Å². The van der Waals surface area contributed by atoms with Crippen molar-refractivity contribution in [3.8, 4) is 11.5 Å². The summed E-state index contributed by atoms with van der Waals surface area (Å²) in [7, 11) is 5.11. The second-order valence-corrected chi connectivity index (χ2v) is 3.94. The SMILES string of the molecule is CNC(c1ccc(OC)c(OC)c1)c1ncccn1. The summed E-state index contributed by atoms with van der Waals surface area (Å²) < 4.78 is 10.5. The van der Waals surface area contributed by atoms with Gasteiger partial charge in [0.05, 0.1) is 20.3 Å². The Hall–Kier alpha value is -2.14. The van der Waals surface area contributed by atoms with Crippen molar-refractivity contribution in [1.29, 1.82) is 0 Å². The van der Waals surface area contributed by atoms with E-state index in [1.165, 1.54) is 0 Å². The molecule has 0 fully saturated rings. The molecule has 1 N–H and O–H groups in total. The lowest BCUT2D eigenvalue weighted by molar-refractivity contribution is 0.354. The molecule has 5 heteroatoms. The lowest BCUT2D eigenvalue weighted by Crippen LogP contribution is -2.20. The van der Waals surface area contributed by atoms with E-state index in [-0.39, 0.29) is 6.04 Å². The van der Waals surface area contributed by atoms with E-state index in [1.807, 2.05) is 25.2 Å². The summed E-state index contributed by atoms with van der Waals surface area (Å²) in [6.07, 6.45) is 3.46. The van der Waals surface area contributed by atoms with Crippen LogP contribution in [-0.2, 0) is 0 Å². The quantitative estimate of drug-likeness (QED) is 0.887. The fourth-order valence-electron chi connectivity index (χ4n) is 1.94. The van der Waals surface area contributed by atoms with Crippen LogP contribution < -0.4 is 14.8 Å². The van der Waals surface area contributed by atoms with Gasteiger partial charge in [-0.3, -0.25) is 0 Å². The summed E-state index contributed by atoms with van der Waals surface area (Å²) in [4.78, 5) is 8.56. The van der Waals surface area contributed by atoms with Gasteiger partial charge in [0, 0.05) is 12.4 Å². The molecule has 2 aromatic rings. The molecule has 0 aliphatic heterocycles. The Morgan fingerprint density at radius 1 is 1.05 bits per heavy atom. The maximum Gasteiger partial charge on any atom is 0.161 e. The van der Waals surface area contributed by atoms with Crippen molar-refractivity contribution in [3.05, 3.63) is 48.0 Å². The molecule has 5 nitrogen and oxygen atoms in total. The maximum atomic E-state index is 5.31. The highest BCUT2D eigenvalue weighted by atomic mass is 16.5. The number of methoxy groups -OCH3 is 2. The highest BCUT2D eigenvalue weighted by Crippen LogP contribution is 2.31. The third-order valence-corrected chi connectivity index (χ3v) is 2.87. The van der Waals surface area contributed by atoms with Gasteiger partial charge >= 0.3 is 0 Å². The van der Waals surface area contributed by atoms with Crippen LogP contribution in [0.4, 0.5) is 0 Å². The van der Waals surface area contributed by atoms with Crippen molar-refractivity contribution in [2.45, 2.75) is 6.04 Å². The topological polar surface area (TPSA) is 56.3 Å². The molecule has 1 heterocycles. The number of hydrogen-bond acceptors (Lipinski definition) is 5. The molecule has 0 saturated heterocycles. The second kappa shape index (κ2) is 6.15. The van der Waals surface area contributed by atoms with Crippen LogP contribution in [0.1, 0.15) is 17.4 Å². The largest absolute Gasteiger partial charge is 0.493 e. The van der Waals surface area contributed by atoms with Gasteiger partial charge in [-0.05, 0) is 30.8 Å². The van der Waals surface area contributed by atoms with Gasteiger partial charge in [-0.15, -0.1) is 0 Å². The van der Waals surface area contributed by atoms with E-state index in [4.69, 9.17) is 9.47 Å². The molecule has 0 aliphatic rings. The predicted octanol–water partition coefficient (Wildman–Crippen LogP) is 1.80. The Kier molecular flexibility index (Phi) is 4.30. The highest BCUT2D eigenvalue weighted by molar-refractivity contribution is 5.44. The molecule has 1 atom stereocenters. The molecule has 100 valence electrons. The van der Waals surface area contributed by atoms with E-state index in [2.05, 4.69) is 15.3 Å². The van der Waals surface area contributed by atoms with E-state index in [9.17, 15) is 0 Å². The minimum atomic E-state index is -0.0824. The van der Waals surface area contributed by atoms with Crippen molar-refractivity contribution < 1.29 is 9.47 Å². The van der Waals surface area contributed by atoms with Crippen molar-refractivity contribution in [1.82, 2.24) is 15.3 Å². The van der Waals surface area contributed by atoms with Crippen molar-refractivity contribution in [2.24, 2.45) is 0 Å². The Labute approximate surface area is 112 Å². The van der Waals surface area contributed by atoms with Gasteiger partial charge in [0.25, 0.3) is 0 Å². The maximum absolute atomic E-state index is 5.31. The smallest absolute Gasteiger partial charge is 0.161 e. The van der Waals surface area contributed by atoms with E-state index >= 15 is 0 Å². The highest BCUT2D eigenvalue weighted by Gasteiger charge is 2.16. The van der Waals surface area contributed by atoms with Gasteiger partial charge in [-0.25, -0.2) is 9.97 Å². The van der Waals surface area contributed by atoms with Gasteiger partial charge in [-0.2, -0.15) is 0 Å². The molecular formula is C14H17N3O2. The van der Waals surface area contributed by atoms with Gasteiger partial charge in [-0.1, -0.05) is 6.07 Å². The summed E-state index contributed by atoms with van der Waals surface area (Å²) in [5.41, 5.74) is 1.02. The van der Waals surface area contributed by atoms with Gasteiger partial charge in [0.2, 0.25) is 0 Å². The van der Waals surface area contributed by atoms with E-state index < -0.39 is 0 Å². The Balaban J connectivity index is 2.39. The zero-order valence-corrected chi connectivity index (χ0v) is 11.3. The Morgan fingerprint density at radius 2 is 1.74 bits per heavy atom. The Morgan fingerprint density at radius 3 is 2.32 bits per heavy atom. The molecule has 19 heavy (non-hydrogen) atoms. The van der Waals surface area contributed by atoms with Crippen LogP contribution in [-0.4, -0.2) is 31.2 Å². The fourth-order valence-corrected chi connectivity index (χ4v) is 1.94. The number of hydrogen-bond donors (Lipinski definition) is 1. The summed E-state index contributed by atoms with van der Waals surface area (Å²) >= 11 is 0. The molecule has 1 aromatic heterocycles. The molecule has 1 aromatic carbocycles. The number of nitrogens with one attached hydrogen (secondary N) is 1. The normalized spacial score (nSPS) is 11.9. The monoisotopic (exact) mass is 259 g/mol. The predicted molar refractivity (Wildman–Crippen MR) is 72.5 cm³/mol. The van der Waals surface area contributed by atoms with Gasteiger partial charge < -0.3 is 14.8 Å². The van der Waals surface area contributed by atoms with Gasteiger partial charge in [0.1, 0.15) is 5.82 Å². The average molecular weight is 259 g/mol. The lowest BCUT2D eigenvalue weighted by Gasteiger charge is -2.17. The van der Waals surface area contributed by atoms with Gasteiger partial charge in [0.15, 0.2) is 11.5 Å². The van der Waals surface area contributed by atoms with E-state index in [1.54, 1.807) is 32.7 Å². The van der Waals surface area contributed by atoms with Crippen LogP contribution in [0.25, 0.3) is 0 Å². The molecule has 2 rings (SSSR count). The minimum absolute atomic E-state index is 0.0824. The fraction of sp³-hybridized carbons (Fsp3) is 0.286. The van der Waals surface area contributed by atoms with E-state index in [0.717, 1.165) is 11.4 Å². The number of ether oxygens (including phenoxy) is 2. The molecule has 0 bridgehead atoms. The molecule has 0 aliphatic carbocycles. The summed E-state index contributed by atoms with van der Waals surface area (Å²) in [5, 5.41) is 3.20. The number of rotatable bonds is 5. The number of aromatic nitrogens is 2.